The van der Waals surface area contributed by atoms with Gasteiger partial charge in [0.15, 0.2) is 0 Å². The zero-order valence-corrected chi connectivity index (χ0v) is 9.91. The summed E-state index contributed by atoms with van der Waals surface area (Å²) in [6.07, 6.45) is 3.78. The van der Waals surface area contributed by atoms with Crippen molar-refractivity contribution in [3.05, 3.63) is 29.8 Å². The average molecular weight is 233 g/mol. The third-order valence-electron chi connectivity index (χ3n) is 3.22. The lowest BCUT2D eigenvalue weighted by Crippen LogP contribution is -2.35. The molecule has 2 rings (SSSR count). The number of carbonyl (C=O) groups is 1. The highest BCUT2D eigenvalue weighted by Crippen LogP contribution is 2.25. The van der Waals surface area contributed by atoms with Crippen LogP contribution in [0.2, 0.25) is 0 Å². The smallest absolute Gasteiger partial charge is 0.319 e. The van der Waals surface area contributed by atoms with Gasteiger partial charge in [0.25, 0.3) is 0 Å². The van der Waals surface area contributed by atoms with Crippen molar-refractivity contribution in [2.45, 2.75) is 25.8 Å². The van der Waals surface area contributed by atoms with Gasteiger partial charge in [-0.3, -0.25) is 0 Å². The molecular formula is C13H19N3O. The number of benzene rings is 1. The maximum Gasteiger partial charge on any atom is 0.319 e. The van der Waals surface area contributed by atoms with Crippen LogP contribution in [0.15, 0.2) is 24.3 Å². The molecule has 1 aromatic rings. The highest BCUT2D eigenvalue weighted by atomic mass is 16.2. The van der Waals surface area contributed by atoms with Crippen LogP contribution in [0.4, 0.5) is 10.5 Å². The molecule has 1 fully saturated rings. The summed E-state index contributed by atoms with van der Waals surface area (Å²) in [6.45, 7) is 1.31. The minimum Gasteiger partial charge on any atom is -0.338 e. The zero-order valence-electron chi connectivity index (χ0n) is 9.91. The Labute approximate surface area is 102 Å². The lowest BCUT2D eigenvalue weighted by Gasteiger charge is -2.25. The third-order valence-corrected chi connectivity index (χ3v) is 3.22. The molecule has 0 atom stereocenters. The Kier molecular flexibility index (Phi) is 3.98. The molecule has 17 heavy (non-hydrogen) atoms. The van der Waals surface area contributed by atoms with Crippen LogP contribution >= 0.6 is 0 Å². The summed E-state index contributed by atoms with van der Waals surface area (Å²) < 4.78 is 0. The van der Waals surface area contributed by atoms with Gasteiger partial charge in [0, 0.05) is 18.8 Å². The number of rotatable bonds is 4. The zero-order chi connectivity index (χ0) is 12.1. The van der Waals surface area contributed by atoms with Gasteiger partial charge < -0.3 is 16.4 Å². The van der Waals surface area contributed by atoms with Crippen molar-refractivity contribution in [1.82, 2.24) is 5.32 Å². The number of nitrogens with two attached hydrogens (primary N) is 1. The first-order valence-electron chi connectivity index (χ1n) is 6.12. The summed E-state index contributed by atoms with van der Waals surface area (Å²) >= 11 is 0. The van der Waals surface area contributed by atoms with Crippen molar-refractivity contribution in [2.75, 3.05) is 11.9 Å². The van der Waals surface area contributed by atoms with Gasteiger partial charge in [-0.2, -0.15) is 0 Å². The number of anilines is 1. The van der Waals surface area contributed by atoms with Crippen LogP contribution < -0.4 is 16.4 Å². The van der Waals surface area contributed by atoms with E-state index in [9.17, 15) is 4.79 Å². The van der Waals surface area contributed by atoms with E-state index in [2.05, 4.69) is 10.6 Å². The lowest BCUT2D eigenvalue weighted by molar-refractivity contribution is 0.243. The monoisotopic (exact) mass is 233 g/mol. The molecule has 1 saturated carbocycles. The van der Waals surface area contributed by atoms with Gasteiger partial charge in [0.1, 0.15) is 0 Å². The summed E-state index contributed by atoms with van der Waals surface area (Å²) in [5.74, 6) is 0.681. The Hall–Kier alpha value is -1.55. The maximum atomic E-state index is 11.6. The molecule has 4 nitrogen and oxygen atoms in total. The minimum absolute atomic E-state index is 0.127. The molecule has 4 heteroatoms. The van der Waals surface area contributed by atoms with Crippen LogP contribution in [0.25, 0.3) is 0 Å². The number of hydrogen-bond donors (Lipinski definition) is 3. The van der Waals surface area contributed by atoms with Crippen LogP contribution in [-0.4, -0.2) is 12.6 Å². The normalized spacial score (nSPS) is 15.1. The van der Waals surface area contributed by atoms with Crippen LogP contribution in [0, 0.1) is 5.92 Å². The van der Waals surface area contributed by atoms with Gasteiger partial charge in [-0.25, -0.2) is 4.79 Å². The number of urea groups is 1. The summed E-state index contributed by atoms with van der Waals surface area (Å²) in [6, 6.07) is 7.44. The van der Waals surface area contributed by atoms with Crippen molar-refractivity contribution in [2.24, 2.45) is 11.7 Å². The van der Waals surface area contributed by atoms with Crippen molar-refractivity contribution in [1.29, 1.82) is 0 Å². The second-order valence-electron chi connectivity index (χ2n) is 4.53. The SMILES string of the molecule is NCc1ccc(NC(=O)NCC2CCC2)cc1. The fourth-order valence-electron chi connectivity index (χ4n) is 1.83. The van der Waals surface area contributed by atoms with Gasteiger partial charge in [0.2, 0.25) is 0 Å². The van der Waals surface area contributed by atoms with Crippen molar-refractivity contribution in [3.8, 4) is 0 Å². The second kappa shape index (κ2) is 5.68. The number of nitrogens with one attached hydrogen (secondary N) is 2. The predicted octanol–water partition coefficient (Wildman–Crippen LogP) is 2.07. The molecular weight excluding hydrogens is 214 g/mol. The summed E-state index contributed by atoms with van der Waals surface area (Å²) in [5, 5.41) is 5.69. The Balaban J connectivity index is 1.76. The van der Waals surface area contributed by atoms with E-state index < -0.39 is 0 Å². The van der Waals surface area contributed by atoms with E-state index >= 15 is 0 Å². The Morgan fingerprint density at radius 1 is 1.29 bits per heavy atom. The topological polar surface area (TPSA) is 67.1 Å². The fourth-order valence-corrected chi connectivity index (χ4v) is 1.83. The molecule has 4 N–H and O–H groups in total. The van der Waals surface area contributed by atoms with Gasteiger partial charge in [-0.15, -0.1) is 0 Å². The maximum absolute atomic E-state index is 11.6. The molecule has 0 aromatic heterocycles. The van der Waals surface area contributed by atoms with Gasteiger partial charge >= 0.3 is 6.03 Å². The third kappa shape index (κ3) is 3.46. The van der Waals surface area contributed by atoms with Crippen molar-refractivity contribution in [3.63, 3.8) is 0 Å². The van der Waals surface area contributed by atoms with Gasteiger partial charge in [-0.1, -0.05) is 18.6 Å². The van der Waals surface area contributed by atoms with E-state index in [-0.39, 0.29) is 6.03 Å². The van der Waals surface area contributed by atoms with Crippen LogP contribution in [-0.2, 0) is 6.54 Å². The first kappa shape index (κ1) is 11.9. The molecule has 1 aliphatic rings. The Morgan fingerprint density at radius 3 is 2.53 bits per heavy atom. The lowest BCUT2D eigenvalue weighted by atomic mass is 9.85. The van der Waals surface area contributed by atoms with E-state index in [1.807, 2.05) is 24.3 Å². The Bertz CT molecular complexity index is 371. The predicted molar refractivity (Wildman–Crippen MR) is 68.7 cm³/mol. The van der Waals surface area contributed by atoms with Gasteiger partial charge in [-0.05, 0) is 36.5 Å². The first-order chi connectivity index (χ1) is 8.28. The largest absolute Gasteiger partial charge is 0.338 e. The molecule has 1 aromatic carbocycles. The second-order valence-corrected chi connectivity index (χ2v) is 4.53. The van der Waals surface area contributed by atoms with E-state index in [1.165, 1.54) is 19.3 Å². The quantitative estimate of drug-likeness (QED) is 0.745. The highest BCUT2D eigenvalue weighted by molar-refractivity contribution is 5.89. The summed E-state index contributed by atoms with van der Waals surface area (Å²) in [5.41, 5.74) is 7.36. The highest BCUT2D eigenvalue weighted by Gasteiger charge is 2.17. The number of hydrogen-bond acceptors (Lipinski definition) is 2. The molecule has 0 heterocycles. The van der Waals surface area contributed by atoms with E-state index in [1.54, 1.807) is 0 Å². The fraction of sp³-hybridized carbons (Fsp3) is 0.462. The average Bonchev–Trinajstić information content (AvgIpc) is 2.28. The van der Waals surface area contributed by atoms with Crippen LogP contribution in [0.1, 0.15) is 24.8 Å². The molecule has 0 aliphatic heterocycles. The van der Waals surface area contributed by atoms with E-state index in [0.29, 0.717) is 12.5 Å². The van der Waals surface area contributed by atoms with Crippen LogP contribution in [0.3, 0.4) is 0 Å². The molecule has 92 valence electrons. The molecule has 0 radical (unpaired) electrons. The summed E-state index contributed by atoms with van der Waals surface area (Å²) in [7, 11) is 0. The molecule has 0 bridgehead atoms. The van der Waals surface area contributed by atoms with Crippen molar-refractivity contribution < 1.29 is 4.79 Å². The van der Waals surface area contributed by atoms with Crippen molar-refractivity contribution >= 4 is 11.7 Å². The molecule has 0 unspecified atom stereocenters. The number of amides is 2. The summed E-state index contributed by atoms with van der Waals surface area (Å²) in [4.78, 5) is 11.6. The molecule has 0 saturated heterocycles. The molecule has 0 spiro atoms. The molecule has 1 aliphatic carbocycles. The Morgan fingerprint density at radius 2 is 2.00 bits per heavy atom. The number of carbonyl (C=O) groups excluding carboxylic acids is 1. The van der Waals surface area contributed by atoms with E-state index in [0.717, 1.165) is 17.8 Å². The minimum atomic E-state index is -0.127. The van der Waals surface area contributed by atoms with Gasteiger partial charge in [0.05, 0.1) is 0 Å². The van der Waals surface area contributed by atoms with Crippen LogP contribution in [0.5, 0.6) is 0 Å². The first-order valence-corrected chi connectivity index (χ1v) is 6.12. The van der Waals surface area contributed by atoms with E-state index in [4.69, 9.17) is 5.73 Å². The standard InChI is InChI=1S/C13H19N3O/c14-8-10-4-6-12(7-5-10)16-13(17)15-9-11-2-1-3-11/h4-7,11H,1-3,8-9,14H2,(H2,15,16,17). The molecule has 2 amide bonds.